The van der Waals surface area contributed by atoms with Gasteiger partial charge in [0.2, 0.25) is 0 Å². The van der Waals surface area contributed by atoms with Crippen LogP contribution in [0.5, 0.6) is 5.75 Å². The Morgan fingerprint density at radius 1 is 1.05 bits per heavy atom. The van der Waals surface area contributed by atoms with Gasteiger partial charge < -0.3 is 10.5 Å². The lowest BCUT2D eigenvalue weighted by Gasteiger charge is -2.22. The first-order valence-electron chi connectivity index (χ1n) is 6.50. The zero-order chi connectivity index (χ0) is 15.5. The third-order valence-electron chi connectivity index (χ3n) is 3.24. The summed E-state index contributed by atoms with van der Waals surface area (Å²) in [5.41, 5.74) is 4.14. The number of hydrogen-bond acceptors (Lipinski definition) is 4. The molecule has 5 nitrogen and oxygen atoms in total. The van der Waals surface area contributed by atoms with E-state index in [9.17, 15) is 9.50 Å². The number of phenolic OH excluding ortho intramolecular Hbond substituents is 1. The molecule has 7 heteroatoms. The number of phenols is 1. The van der Waals surface area contributed by atoms with Crippen LogP contribution < -0.4 is 5.43 Å². The fourth-order valence-corrected chi connectivity index (χ4v) is 2.44. The van der Waals surface area contributed by atoms with E-state index in [1.807, 2.05) is 6.07 Å². The second-order valence-electron chi connectivity index (χ2n) is 4.63. The molecule has 0 aliphatic rings. The monoisotopic (exact) mass is 318 g/mol. The van der Waals surface area contributed by atoms with Crippen LogP contribution in [0.1, 0.15) is 17.2 Å². The van der Waals surface area contributed by atoms with Gasteiger partial charge in [0.15, 0.2) is 11.6 Å². The summed E-state index contributed by atoms with van der Waals surface area (Å²) in [6.45, 7) is 0. The van der Waals surface area contributed by atoms with Crippen LogP contribution in [0.4, 0.5) is 4.39 Å². The molecule has 3 aromatic rings. The van der Waals surface area contributed by atoms with Crippen molar-refractivity contribution in [3.05, 3.63) is 77.1 Å². The Morgan fingerprint density at radius 2 is 1.73 bits per heavy atom. The molecule has 2 N–H and O–H groups in total. The van der Waals surface area contributed by atoms with Crippen molar-refractivity contribution in [3.63, 3.8) is 0 Å². The smallest absolute Gasteiger partial charge is 0.165 e. The first-order valence-corrected chi connectivity index (χ1v) is 6.87. The first-order chi connectivity index (χ1) is 10.7. The van der Waals surface area contributed by atoms with Gasteiger partial charge >= 0.3 is 0 Å². The summed E-state index contributed by atoms with van der Waals surface area (Å²) < 4.78 is 15.2. The van der Waals surface area contributed by atoms with Gasteiger partial charge in [-0.25, -0.2) is 9.07 Å². The van der Waals surface area contributed by atoms with E-state index >= 15 is 0 Å². The van der Waals surface area contributed by atoms with E-state index in [4.69, 9.17) is 11.6 Å². The highest BCUT2D eigenvalue weighted by Crippen LogP contribution is 2.34. The molecule has 0 bridgehead atoms. The highest BCUT2D eigenvalue weighted by molar-refractivity contribution is 6.31. The van der Waals surface area contributed by atoms with Gasteiger partial charge in [0, 0.05) is 10.6 Å². The number of nitrogens with one attached hydrogen (secondary N) is 1. The molecule has 1 aromatic heterocycles. The van der Waals surface area contributed by atoms with Gasteiger partial charge in [0.05, 0.1) is 6.04 Å². The number of hydrogen-bond donors (Lipinski definition) is 2. The van der Waals surface area contributed by atoms with E-state index in [-0.39, 0.29) is 0 Å². The van der Waals surface area contributed by atoms with Gasteiger partial charge in [-0.2, -0.15) is 0 Å². The van der Waals surface area contributed by atoms with Crippen LogP contribution in [0.2, 0.25) is 5.02 Å². The average molecular weight is 319 g/mol. The van der Waals surface area contributed by atoms with Crippen molar-refractivity contribution < 1.29 is 9.50 Å². The molecule has 0 fully saturated rings. The number of aromatic hydroxyl groups is 1. The zero-order valence-corrected chi connectivity index (χ0v) is 12.1. The number of para-hydroxylation sites is 1. The van der Waals surface area contributed by atoms with Crippen molar-refractivity contribution >= 4 is 11.6 Å². The van der Waals surface area contributed by atoms with Crippen LogP contribution in [-0.4, -0.2) is 20.0 Å². The molecule has 0 spiro atoms. The second kappa shape index (κ2) is 6.03. The molecule has 2 aromatic carbocycles. The van der Waals surface area contributed by atoms with Crippen LogP contribution in [0.3, 0.4) is 0 Å². The van der Waals surface area contributed by atoms with E-state index in [1.54, 1.807) is 24.3 Å². The van der Waals surface area contributed by atoms with Crippen LogP contribution >= 0.6 is 11.6 Å². The molecule has 1 atom stereocenters. The lowest BCUT2D eigenvalue weighted by molar-refractivity contribution is 0.423. The van der Waals surface area contributed by atoms with E-state index in [0.29, 0.717) is 16.1 Å². The summed E-state index contributed by atoms with van der Waals surface area (Å²) in [6.07, 6.45) is 2.92. The molecule has 0 aliphatic heterocycles. The zero-order valence-electron chi connectivity index (χ0n) is 11.3. The topological polar surface area (TPSA) is 63.0 Å². The minimum absolute atomic E-state index is 0.363. The molecule has 1 heterocycles. The highest BCUT2D eigenvalue weighted by atomic mass is 35.5. The van der Waals surface area contributed by atoms with Crippen LogP contribution in [0, 0.1) is 5.82 Å². The third kappa shape index (κ3) is 2.73. The molecule has 0 unspecified atom stereocenters. The molecular formula is C15H12ClFN4O. The summed E-state index contributed by atoms with van der Waals surface area (Å²) in [5, 5.41) is 18.0. The van der Waals surface area contributed by atoms with E-state index < -0.39 is 17.6 Å². The Balaban J connectivity index is 2.10. The summed E-state index contributed by atoms with van der Waals surface area (Å²) in [7, 11) is 0. The highest BCUT2D eigenvalue weighted by Gasteiger charge is 2.21. The second-order valence-corrected chi connectivity index (χ2v) is 5.04. The molecule has 0 amide bonds. The van der Waals surface area contributed by atoms with Gasteiger partial charge in [0.1, 0.15) is 12.7 Å². The predicted molar refractivity (Wildman–Crippen MR) is 80.7 cm³/mol. The van der Waals surface area contributed by atoms with Crippen molar-refractivity contribution in [2.24, 2.45) is 0 Å². The first kappa shape index (κ1) is 14.3. The van der Waals surface area contributed by atoms with E-state index in [2.05, 4.69) is 15.6 Å². The van der Waals surface area contributed by atoms with Crippen molar-refractivity contribution in [1.82, 2.24) is 14.9 Å². The minimum atomic E-state index is -0.694. The maximum atomic E-state index is 13.7. The number of rotatable bonds is 4. The fraction of sp³-hybridized carbons (Fsp3) is 0.0667. The number of benzene rings is 2. The van der Waals surface area contributed by atoms with E-state index in [0.717, 1.165) is 0 Å². The van der Waals surface area contributed by atoms with Crippen LogP contribution in [-0.2, 0) is 0 Å². The average Bonchev–Trinajstić information content (AvgIpc) is 3.02. The lowest BCUT2D eigenvalue weighted by atomic mass is 9.98. The van der Waals surface area contributed by atoms with Crippen molar-refractivity contribution in [3.8, 4) is 5.75 Å². The predicted octanol–water partition coefficient (Wildman–Crippen LogP) is 3.11. The molecule has 0 saturated heterocycles. The Labute approximate surface area is 131 Å². The maximum Gasteiger partial charge on any atom is 0.165 e. The van der Waals surface area contributed by atoms with Crippen molar-refractivity contribution in [1.29, 1.82) is 0 Å². The Morgan fingerprint density at radius 3 is 2.45 bits per heavy atom. The Kier molecular flexibility index (Phi) is 3.93. The summed E-state index contributed by atoms with van der Waals surface area (Å²) in [4.78, 5) is 0. The Hall–Kier alpha value is -2.60. The molecule has 0 aliphatic carbocycles. The fourth-order valence-electron chi connectivity index (χ4n) is 2.20. The molecule has 112 valence electrons. The SMILES string of the molecule is Oc1c(F)cccc1[C@@H](Nn1cnnc1)c1ccccc1Cl. The van der Waals surface area contributed by atoms with Gasteiger partial charge in [-0.1, -0.05) is 41.9 Å². The number of aromatic nitrogens is 3. The molecule has 0 radical (unpaired) electrons. The minimum Gasteiger partial charge on any atom is -0.505 e. The summed E-state index contributed by atoms with van der Waals surface area (Å²) >= 11 is 6.25. The van der Waals surface area contributed by atoms with Crippen LogP contribution in [0.15, 0.2) is 55.1 Å². The molecule has 22 heavy (non-hydrogen) atoms. The van der Waals surface area contributed by atoms with Crippen molar-refractivity contribution in [2.75, 3.05) is 5.43 Å². The van der Waals surface area contributed by atoms with E-state index in [1.165, 1.54) is 29.5 Å². The normalized spacial score (nSPS) is 12.1. The van der Waals surface area contributed by atoms with Gasteiger partial charge in [-0.15, -0.1) is 10.2 Å². The van der Waals surface area contributed by atoms with Crippen LogP contribution in [0.25, 0.3) is 0 Å². The number of nitrogens with zero attached hydrogens (tertiary/aromatic N) is 3. The molecule has 3 rings (SSSR count). The standard InChI is InChI=1S/C15H12ClFN4O/c16-12-6-2-1-4-10(12)14(20-21-8-18-19-9-21)11-5-3-7-13(17)15(11)22/h1-9,14,20,22H/t14-/m0/s1. The quantitative estimate of drug-likeness (QED) is 0.776. The van der Waals surface area contributed by atoms with Gasteiger partial charge in [-0.3, -0.25) is 0 Å². The van der Waals surface area contributed by atoms with Crippen molar-refractivity contribution in [2.45, 2.75) is 6.04 Å². The number of halogens is 2. The maximum absolute atomic E-state index is 13.7. The van der Waals surface area contributed by atoms with Gasteiger partial charge in [-0.05, 0) is 17.7 Å². The lowest BCUT2D eigenvalue weighted by Crippen LogP contribution is -2.21. The summed E-state index contributed by atoms with van der Waals surface area (Å²) in [6, 6.07) is 10.9. The molecular weight excluding hydrogens is 307 g/mol. The summed E-state index contributed by atoms with van der Waals surface area (Å²) in [5.74, 6) is -1.12. The largest absolute Gasteiger partial charge is 0.505 e. The Bertz CT molecular complexity index is 779. The third-order valence-corrected chi connectivity index (χ3v) is 3.59. The molecule has 0 saturated carbocycles. The van der Waals surface area contributed by atoms with Gasteiger partial charge in [0.25, 0.3) is 0 Å².